The van der Waals surface area contributed by atoms with Gasteiger partial charge in [-0.05, 0) is 36.5 Å². The van der Waals surface area contributed by atoms with Crippen molar-refractivity contribution in [1.29, 1.82) is 5.26 Å². The highest BCUT2D eigenvalue weighted by Crippen LogP contribution is 2.30. The van der Waals surface area contributed by atoms with Gasteiger partial charge >= 0.3 is 0 Å². The Kier molecular flexibility index (Phi) is 3.20. The summed E-state index contributed by atoms with van der Waals surface area (Å²) in [7, 11) is 1.51. The van der Waals surface area contributed by atoms with Crippen LogP contribution in [0.1, 0.15) is 5.56 Å². The van der Waals surface area contributed by atoms with Crippen LogP contribution in [0.4, 0.5) is 4.39 Å². The fourth-order valence-corrected chi connectivity index (χ4v) is 2.61. The van der Waals surface area contributed by atoms with Crippen molar-refractivity contribution >= 4 is 23.3 Å². The van der Waals surface area contributed by atoms with Crippen molar-refractivity contribution in [1.82, 2.24) is 9.55 Å². The van der Waals surface area contributed by atoms with Gasteiger partial charge in [0.25, 0.3) is 0 Å². The number of hydrogen-bond acceptors (Lipinski definition) is 3. The number of fused-ring (bicyclic) bond motifs is 1. The van der Waals surface area contributed by atoms with E-state index in [-0.39, 0.29) is 5.82 Å². The number of nitriles is 1. The number of H-pyrrole nitrogens is 1. The van der Waals surface area contributed by atoms with Crippen molar-refractivity contribution < 1.29 is 9.13 Å². The van der Waals surface area contributed by atoms with Gasteiger partial charge in [-0.15, -0.1) is 0 Å². The van der Waals surface area contributed by atoms with Gasteiger partial charge in [0.1, 0.15) is 23.3 Å². The summed E-state index contributed by atoms with van der Waals surface area (Å²) in [5.74, 6) is 0.119. The van der Waals surface area contributed by atoms with E-state index < -0.39 is 0 Å². The zero-order valence-corrected chi connectivity index (χ0v) is 11.9. The van der Waals surface area contributed by atoms with Gasteiger partial charge in [-0.1, -0.05) is 6.07 Å². The number of aromatic nitrogens is 2. The lowest BCUT2D eigenvalue weighted by molar-refractivity contribution is 0.413. The van der Waals surface area contributed by atoms with Crippen molar-refractivity contribution in [2.75, 3.05) is 7.11 Å². The summed E-state index contributed by atoms with van der Waals surface area (Å²) in [4.78, 5) is 3.00. The fourth-order valence-electron chi connectivity index (χ4n) is 2.31. The first-order valence-electron chi connectivity index (χ1n) is 6.13. The smallest absolute Gasteiger partial charge is 0.182 e. The molecule has 21 heavy (non-hydrogen) atoms. The first-order chi connectivity index (χ1) is 10.2. The molecule has 104 valence electrons. The number of nitrogens with zero attached hydrogens (tertiary/aromatic N) is 2. The van der Waals surface area contributed by atoms with E-state index in [4.69, 9.17) is 17.0 Å². The Labute approximate surface area is 125 Å². The number of hydrogen-bond donors (Lipinski definition) is 1. The highest BCUT2D eigenvalue weighted by atomic mass is 32.1. The molecule has 2 aromatic carbocycles. The zero-order chi connectivity index (χ0) is 15.0. The predicted octanol–water partition coefficient (Wildman–Crippen LogP) is 3.71. The molecule has 0 bridgehead atoms. The first kappa shape index (κ1) is 13.3. The van der Waals surface area contributed by atoms with Gasteiger partial charge in [0.2, 0.25) is 0 Å². The molecule has 0 aliphatic rings. The Morgan fingerprint density at radius 3 is 2.86 bits per heavy atom. The monoisotopic (exact) mass is 299 g/mol. The summed E-state index contributed by atoms with van der Waals surface area (Å²) in [5.41, 5.74) is 2.15. The molecule has 0 aliphatic heterocycles. The Hall–Kier alpha value is -2.65. The van der Waals surface area contributed by atoms with E-state index in [2.05, 4.69) is 11.1 Å². The van der Waals surface area contributed by atoms with Gasteiger partial charge < -0.3 is 9.72 Å². The number of aromatic amines is 1. The number of halogens is 1. The quantitative estimate of drug-likeness (QED) is 0.734. The summed E-state index contributed by atoms with van der Waals surface area (Å²) in [5, 5.41) is 9.32. The second-order valence-corrected chi connectivity index (χ2v) is 4.78. The molecule has 0 saturated heterocycles. The molecule has 1 aromatic heterocycles. The maximum atomic E-state index is 13.5. The molecule has 0 atom stereocenters. The van der Waals surface area contributed by atoms with Crippen molar-refractivity contribution in [2.45, 2.75) is 0 Å². The molecule has 0 amide bonds. The Morgan fingerprint density at radius 1 is 1.33 bits per heavy atom. The molecule has 4 nitrogen and oxygen atoms in total. The predicted molar refractivity (Wildman–Crippen MR) is 79.7 cm³/mol. The molecule has 0 spiro atoms. The normalized spacial score (nSPS) is 10.5. The number of rotatable bonds is 2. The molecular weight excluding hydrogens is 289 g/mol. The van der Waals surface area contributed by atoms with E-state index >= 15 is 0 Å². The number of para-hydroxylation sites is 1. The van der Waals surface area contributed by atoms with Crippen LogP contribution in [-0.2, 0) is 0 Å². The third-order valence-electron chi connectivity index (χ3n) is 3.21. The van der Waals surface area contributed by atoms with E-state index in [1.165, 1.54) is 19.2 Å². The number of imidazole rings is 1. The van der Waals surface area contributed by atoms with Crippen LogP contribution in [0.2, 0.25) is 0 Å². The average molecular weight is 299 g/mol. The van der Waals surface area contributed by atoms with Crippen molar-refractivity contribution in [3.8, 4) is 17.5 Å². The molecule has 6 heteroatoms. The average Bonchev–Trinajstić information content (AvgIpc) is 2.81. The van der Waals surface area contributed by atoms with Gasteiger partial charge in [0.05, 0.1) is 23.7 Å². The van der Waals surface area contributed by atoms with Crippen LogP contribution >= 0.6 is 12.2 Å². The molecule has 1 heterocycles. The SMILES string of the molecule is COc1cccc(C#N)c1-n1c(=S)[nH]c2ccc(F)cc21. The summed E-state index contributed by atoms with van der Waals surface area (Å²) in [6.45, 7) is 0. The molecule has 0 radical (unpaired) electrons. The molecule has 0 saturated carbocycles. The van der Waals surface area contributed by atoms with Gasteiger partial charge in [-0.25, -0.2) is 4.39 Å². The summed E-state index contributed by atoms with van der Waals surface area (Å²) >= 11 is 5.31. The minimum absolute atomic E-state index is 0.372. The van der Waals surface area contributed by atoms with Crippen LogP contribution in [0.5, 0.6) is 5.75 Å². The standard InChI is InChI=1S/C15H10FN3OS/c1-20-13-4-2-3-9(8-17)14(13)19-12-7-10(16)5-6-11(12)18-15(19)21/h2-7H,1H3,(H,18,21). The first-order valence-corrected chi connectivity index (χ1v) is 6.54. The highest BCUT2D eigenvalue weighted by molar-refractivity contribution is 7.71. The number of methoxy groups -OCH3 is 1. The van der Waals surface area contributed by atoms with Crippen LogP contribution in [-0.4, -0.2) is 16.7 Å². The molecule has 3 aromatic rings. The van der Waals surface area contributed by atoms with Crippen LogP contribution in [0.15, 0.2) is 36.4 Å². The highest BCUT2D eigenvalue weighted by Gasteiger charge is 2.15. The van der Waals surface area contributed by atoms with E-state index in [1.807, 2.05) is 0 Å². The van der Waals surface area contributed by atoms with Gasteiger partial charge in [0.15, 0.2) is 4.77 Å². The summed E-state index contributed by atoms with van der Waals surface area (Å²) in [6.07, 6.45) is 0. The second-order valence-electron chi connectivity index (χ2n) is 4.40. The van der Waals surface area contributed by atoms with Crippen molar-refractivity contribution in [2.24, 2.45) is 0 Å². The minimum atomic E-state index is -0.376. The van der Waals surface area contributed by atoms with Gasteiger partial charge in [-0.3, -0.25) is 4.57 Å². The summed E-state index contributed by atoms with van der Waals surface area (Å²) < 4.78 is 20.9. The van der Waals surface area contributed by atoms with E-state index in [9.17, 15) is 9.65 Å². The van der Waals surface area contributed by atoms with Crippen LogP contribution < -0.4 is 4.74 Å². The minimum Gasteiger partial charge on any atom is -0.495 e. The molecule has 0 unspecified atom stereocenters. The molecule has 0 aliphatic carbocycles. The maximum absolute atomic E-state index is 13.5. The lowest BCUT2D eigenvalue weighted by Gasteiger charge is -2.12. The molecule has 0 fully saturated rings. The van der Waals surface area contributed by atoms with E-state index in [1.54, 1.807) is 28.8 Å². The molecule has 1 N–H and O–H groups in total. The van der Waals surface area contributed by atoms with Crippen LogP contribution in [0.25, 0.3) is 16.7 Å². The van der Waals surface area contributed by atoms with Gasteiger partial charge in [-0.2, -0.15) is 5.26 Å². The van der Waals surface area contributed by atoms with Crippen molar-refractivity contribution in [3.63, 3.8) is 0 Å². The van der Waals surface area contributed by atoms with Crippen LogP contribution in [0, 0.1) is 21.9 Å². The lowest BCUT2D eigenvalue weighted by Crippen LogP contribution is -2.01. The third kappa shape index (κ3) is 2.08. The number of benzene rings is 2. The maximum Gasteiger partial charge on any atom is 0.182 e. The number of nitrogens with one attached hydrogen (secondary N) is 1. The number of ether oxygens (including phenoxy) is 1. The van der Waals surface area contributed by atoms with E-state index in [0.717, 1.165) is 0 Å². The van der Waals surface area contributed by atoms with Gasteiger partial charge in [0, 0.05) is 6.07 Å². The second kappa shape index (κ2) is 5.04. The Bertz CT molecular complexity index is 936. The Morgan fingerprint density at radius 2 is 2.14 bits per heavy atom. The van der Waals surface area contributed by atoms with Crippen molar-refractivity contribution in [3.05, 3.63) is 52.5 Å². The third-order valence-corrected chi connectivity index (χ3v) is 3.49. The Balaban J connectivity index is 2.47. The molecular formula is C15H10FN3OS. The molecule has 3 rings (SSSR count). The van der Waals surface area contributed by atoms with E-state index in [0.29, 0.717) is 32.8 Å². The summed E-state index contributed by atoms with van der Waals surface area (Å²) in [6, 6.07) is 11.6. The zero-order valence-electron chi connectivity index (χ0n) is 11.1. The lowest BCUT2D eigenvalue weighted by atomic mass is 10.1. The topological polar surface area (TPSA) is 53.7 Å². The largest absolute Gasteiger partial charge is 0.495 e. The fraction of sp³-hybridized carbons (Fsp3) is 0.0667. The van der Waals surface area contributed by atoms with Crippen LogP contribution in [0.3, 0.4) is 0 Å².